The summed E-state index contributed by atoms with van der Waals surface area (Å²) in [4.78, 5) is 16.8. The number of carbonyl (C=O) groups excluding carboxylic acids is 1. The number of carbonyl (C=O) groups is 1. The van der Waals surface area contributed by atoms with Gasteiger partial charge < -0.3 is 20.2 Å². The Bertz CT molecular complexity index is 354. The van der Waals surface area contributed by atoms with Crippen LogP contribution in [0.3, 0.4) is 0 Å². The minimum Gasteiger partial charge on any atom is -0.392 e. The molecule has 0 aromatic heterocycles. The van der Waals surface area contributed by atoms with Gasteiger partial charge in [0.2, 0.25) is 5.91 Å². The molecule has 2 heterocycles. The zero-order chi connectivity index (χ0) is 16.7. The van der Waals surface area contributed by atoms with Crippen LogP contribution in [-0.2, 0) is 4.79 Å². The Morgan fingerprint density at radius 2 is 1.96 bits per heavy atom. The van der Waals surface area contributed by atoms with E-state index >= 15 is 0 Å². The van der Waals surface area contributed by atoms with E-state index in [1.807, 2.05) is 6.92 Å². The lowest BCUT2D eigenvalue weighted by Crippen LogP contribution is -2.48. The van der Waals surface area contributed by atoms with Crippen molar-refractivity contribution >= 4 is 5.91 Å². The van der Waals surface area contributed by atoms with Gasteiger partial charge in [-0.05, 0) is 71.0 Å². The second-order valence-corrected chi connectivity index (χ2v) is 7.37. The highest BCUT2D eigenvalue weighted by atomic mass is 16.3. The Morgan fingerprint density at radius 1 is 1.22 bits per heavy atom. The molecule has 2 N–H and O–H groups in total. The van der Waals surface area contributed by atoms with Crippen molar-refractivity contribution in [3.63, 3.8) is 0 Å². The van der Waals surface area contributed by atoms with Crippen molar-refractivity contribution < 1.29 is 9.90 Å². The molecule has 5 nitrogen and oxygen atoms in total. The molecule has 0 aromatic rings. The van der Waals surface area contributed by atoms with Gasteiger partial charge in [0.05, 0.1) is 12.6 Å². The van der Waals surface area contributed by atoms with Crippen LogP contribution in [0.2, 0.25) is 0 Å². The molecule has 0 radical (unpaired) electrons. The molecule has 0 aromatic carbocycles. The number of hydrogen-bond donors (Lipinski definition) is 2. The van der Waals surface area contributed by atoms with Gasteiger partial charge in [0.15, 0.2) is 0 Å². The highest BCUT2D eigenvalue weighted by Crippen LogP contribution is 2.19. The SMILES string of the molecule is CC[C@@H]1CCCCN1C(=O)CNCC1CCN(C[C@@H](C)O)CC1. The number of piperidine rings is 2. The third-order valence-electron chi connectivity index (χ3n) is 5.36. The number of hydrogen-bond acceptors (Lipinski definition) is 4. The second-order valence-electron chi connectivity index (χ2n) is 7.37. The largest absolute Gasteiger partial charge is 0.392 e. The van der Waals surface area contributed by atoms with Gasteiger partial charge in [0.1, 0.15) is 0 Å². The normalized spacial score (nSPS) is 25.5. The summed E-state index contributed by atoms with van der Waals surface area (Å²) in [6, 6.07) is 0.460. The van der Waals surface area contributed by atoms with Crippen molar-refractivity contribution in [2.45, 2.75) is 64.5 Å². The molecule has 2 aliphatic rings. The van der Waals surface area contributed by atoms with Gasteiger partial charge in [-0.2, -0.15) is 0 Å². The Morgan fingerprint density at radius 3 is 2.61 bits per heavy atom. The average molecular weight is 325 g/mol. The third kappa shape index (κ3) is 6.05. The summed E-state index contributed by atoms with van der Waals surface area (Å²) in [6.45, 7) is 9.32. The molecule has 134 valence electrons. The molecule has 0 unspecified atom stereocenters. The summed E-state index contributed by atoms with van der Waals surface area (Å²) in [6.07, 6.45) is 6.76. The van der Waals surface area contributed by atoms with Crippen LogP contribution in [0.1, 0.15) is 52.4 Å². The molecule has 0 saturated carbocycles. The molecule has 2 saturated heterocycles. The average Bonchev–Trinajstić information content (AvgIpc) is 2.55. The summed E-state index contributed by atoms with van der Waals surface area (Å²) in [7, 11) is 0. The first-order valence-electron chi connectivity index (χ1n) is 9.50. The molecule has 0 aliphatic carbocycles. The lowest BCUT2D eigenvalue weighted by atomic mass is 9.96. The number of aliphatic hydroxyl groups excluding tert-OH is 1. The maximum absolute atomic E-state index is 12.4. The van der Waals surface area contributed by atoms with E-state index in [4.69, 9.17) is 0 Å². The molecule has 1 amide bonds. The number of aliphatic hydroxyl groups is 1. The Labute approximate surface area is 141 Å². The smallest absolute Gasteiger partial charge is 0.236 e. The fraction of sp³-hybridized carbons (Fsp3) is 0.944. The van der Waals surface area contributed by atoms with Crippen LogP contribution in [0, 0.1) is 5.92 Å². The number of nitrogens with zero attached hydrogens (tertiary/aromatic N) is 2. The quantitative estimate of drug-likeness (QED) is 0.744. The molecule has 23 heavy (non-hydrogen) atoms. The zero-order valence-corrected chi connectivity index (χ0v) is 15.0. The molecule has 0 spiro atoms. The molecular formula is C18H35N3O2. The maximum Gasteiger partial charge on any atom is 0.236 e. The van der Waals surface area contributed by atoms with Gasteiger partial charge >= 0.3 is 0 Å². The topological polar surface area (TPSA) is 55.8 Å². The van der Waals surface area contributed by atoms with Crippen LogP contribution in [0.25, 0.3) is 0 Å². The van der Waals surface area contributed by atoms with Gasteiger partial charge in [0, 0.05) is 19.1 Å². The van der Waals surface area contributed by atoms with E-state index in [9.17, 15) is 9.90 Å². The van der Waals surface area contributed by atoms with Crippen molar-refractivity contribution in [2.75, 3.05) is 39.3 Å². The number of rotatable bonds is 7. The molecule has 2 aliphatic heterocycles. The third-order valence-corrected chi connectivity index (χ3v) is 5.36. The lowest BCUT2D eigenvalue weighted by molar-refractivity contribution is -0.134. The van der Waals surface area contributed by atoms with Gasteiger partial charge in [-0.3, -0.25) is 4.79 Å². The van der Waals surface area contributed by atoms with E-state index in [-0.39, 0.29) is 12.0 Å². The van der Waals surface area contributed by atoms with Gasteiger partial charge in [-0.25, -0.2) is 0 Å². The fourth-order valence-corrected chi connectivity index (χ4v) is 3.98. The molecule has 2 fully saturated rings. The molecular weight excluding hydrogens is 290 g/mol. The minimum absolute atomic E-state index is 0.238. The van der Waals surface area contributed by atoms with Crippen LogP contribution < -0.4 is 5.32 Å². The van der Waals surface area contributed by atoms with Crippen molar-refractivity contribution in [3.8, 4) is 0 Å². The van der Waals surface area contributed by atoms with E-state index in [1.54, 1.807) is 0 Å². The van der Waals surface area contributed by atoms with E-state index in [1.165, 1.54) is 12.8 Å². The monoisotopic (exact) mass is 325 g/mol. The lowest BCUT2D eigenvalue weighted by Gasteiger charge is -2.36. The van der Waals surface area contributed by atoms with Gasteiger partial charge in [-0.15, -0.1) is 0 Å². The Balaban J connectivity index is 1.62. The van der Waals surface area contributed by atoms with Gasteiger partial charge in [-0.1, -0.05) is 6.92 Å². The first-order valence-corrected chi connectivity index (χ1v) is 9.50. The summed E-state index contributed by atoms with van der Waals surface area (Å²) in [5.41, 5.74) is 0. The zero-order valence-electron chi connectivity index (χ0n) is 15.0. The summed E-state index contributed by atoms with van der Waals surface area (Å²) >= 11 is 0. The number of amides is 1. The number of nitrogens with one attached hydrogen (secondary N) is 1. The van der Waals surface area contributed by atoms with Crippen LogP contribution in [0.5, 0.6) is 0 Å². The molecule has 5 heteroatoms. The first kappa shape index (κ1) is 18.7. The van der Waals surface area contributed by atoms with Crippen molar-refractivity contribution in [1.29, 1.82) is 0 Å². The van der Waals surface area contributed by atoms with Crippen molar-refractivity contribution in [1.82, 2.24) is 15.1 Å². The van der Waals surface area contributed by atoms with E-state index in [0.29, 0.717) is 18.5 Å². The van der Waals surface area contributed by atoms with Crippen LogP contribution in [-0.4, -0.2) is 72.2 Å². The van der Waals surface area contributed by atoms with E-state index in [0.717, 1.165) is 58.4 Å². The second kappa shape index (κ2) is 9.60. The highest BCUT2D eigenvalue weighted by Gasteiger charge is 2.25. The Kier molecular flexibility index (Phi) is 7.80. The van der Waals surface area contributed by atoms with E-state index < -0.39 is 0 Å². The number of β-amino-alcohol motifs (C(OH)–C–C–N with tert-alkyl or cyclic N) is 1. The standard InChI is InChI=1S/C18H35N3O2/c1-3-17-6-4-5-9-21(17)18(23)13-19-12-16-7-10-20(11-8-16)14-15(2)22/h15-17,19,22H,3-14H2,1-2H3/t15-,17-/m1/s1. The van der Waals surface area contributed by atoms with Crippen LogP contribution in [0.15, 0.2) is 0 Å². The summed E-state index contributed by atoms with van der Waals surface area (Å²) in [5, 5.41) is 12.8. The first-order chi connectivity index (χ1) is 11.1. The van der Waals surface area contributed by atoms with Gasteiger partial charge in [0.25, 0.3) is 0 Å². The molecule has 2 atom stereocenters. The summed E-state index contributed by atoms with van der Waals surface area (Å²) < 4.78 is 0. The van der Waals surface area contributed by atoms with Crippen LogP contribution >= 0.6 is 0 Å². The Hall–Kier alpha value is -0.650. The fourth-order valence-electron chi connectivity index (χ4n) is 3.98. The predicted molar refractivity (Wildman–Crippen MR) is 93.4 cm³/mol. The molecule has 2 rings (SSSR count). The molecule has 0 bridgehead atoms. The predicted octanol–water partition coefficient (Wildman–Crippen LogP) is 1.46. The summed E-state index contributed by atoms with van der Waals surface area (Å²) in [5.74, 6) is 0.944. The number of likely N-dealkylation sites (tertiary alicyclic amines) is 2. The van der Waals surface area contributed by atoms with E-state index in [2.05, 4.69) is 22.0 Å². The van der Waals surface area contributed by atoms with Crippen molar-refractivity contribution in [2.24, 2.45) is 5.92 Å². The highest BCUT2D eigenvalue weighted by molar-refractivity contribution is 5.78. The minimum atomic E-state index is -0.238. The maximum atomic E-state index is 12.4. The van der Waals surface area contributed by atoms with Crippen molar-refractivity contribution in [3.05, 3.63) is 0 Å². The van der Waals surface area contributed by atoms with Crippen LogP contribution in [0.4, 0.5) is 0 Å².